The van der Waals surface area contributed by atoms with Gasteiger partial charge in [-0.2, -0.15) is 0 Å². The highest BCUT2D eigenvalue weighted by atomic mass is 32.1. The lowest BCUT2D eigenvalue weighted by atomic mass is 10.2. The fourth-order valence-electron chi connectivity index (χ4n) is 3.39. The summed E-state index contributed by atoms with van der Waals surface area (Å²) in [7, 11) is 7.21. The van der Waals surface area contributed by atoms with Gasteiger partial charge in [-0.3, -0.25) is 9.69 Å². The molecule has 0 aliphatic carbocycles. The minimum Gasteiger partial charge on any atom is -0.495 e. The van der Waals surface area contributed by atoms with Gasteiger partial charge in [-0.15, -0.1) is 0 Å². The van der Waals surface area contributed by atoms with E-state index in [1.165, 1.54) is 11.3 Å². The van der Waals surface area contributed by atoms with Crippen molar-refractivity contribution in [3.05, 3.63) is 42.0 Å². The van der Waals surface area contributed by atoms with Crippen LogP contribution in [0.15, 0.2) is 36.4 Å². The van der Waals surface area contributed by atoms with Crippen LogP contribution in [-0.2, 0) is 0 Å². The van der Waals surface area contributed by atoms with Crippen molar-refractivity contribution >= 4 is 32.6 Å². The van der Waals surface area contributed by atoms with E-state index in [0.717, 1.165) is 24.0 Å². The molecule has 3 aromatic rings. The normalized spacial score (nSPS) is 11.1. The largest absolute Gasteiger partial charge is 0.495 e. The van der Waals surface area contributed by atoms with E-state index < -0.39 is 0 Å². The Morgan fingerprint density at radius 2 is 1.79 bits per heavy atom. The van der Waals surface area contributed by atoms with Crippen LogP contribution in [0.2, 0.25) is 0 Å². The van der Waals surface area contributed by atoms with Crippen LogP contribution in [0.5, 0.6) is 17.2 Å². The van der Waals surface area contributed by atoms with E-state index >= 15 is 0 Å². The molecule has 7 nitrogen and oxygen atoms in total. The number of benzene rings is 2. The molecule has 0 radical (unpaired) electrons. The number of hydrogen-bond acceptors (Lipinski definition) is 7. The van der Waals surface area contributed by atoms with E-state index in [9.17, 15) is 4.79 Å². The Morgan fingerprint density at radius 1 is 1.03 bits per heavy atom. The van der Waals surface area contributed by atoms with Crippen molar-refractivity contribution in [3.63, 3.8) is 0 Å². The van der Waals surface area contributed by atoms with Crippen LogP contribution in [0, 0.1) is 0 Å². The molecule has 2 aromatic carbocycles. The molecule has 0 N–H and O–H groups in total. The number of unbranched alkanes of at least 4 members (excludes halogenated alkanes) is 2. The van der Waals surface area contributed by atoms with Crippen molar-refractivity contribution in [2.45, 2.75) is 26.2 Å². The maximum absolute atomic E-state index is 13.6. The lowest BCUT2D eigenvalue weighted by Gasteiger charge is -2.22. The smallest absolute Gasteiger partial charge is 0.260 e. The van der Waals surface area contributed by atoms with E-state index in [1.807, 2.05) is 55.4 Å². The van der Waals surface area contributed by atoms with Gasteiger partial charge < -0.3 is 19.1 Å². The molecule has 1 heterocycles. The summed E-state index contributed by atoms with van der Waals surface area (Å²) in [6, 6.07) is 11.1. The van der Waals surface area contributed by atoms with Gasteiger partial charge >= 0.3 is 0 Å². The van der Waals surface area contributed by atoms with Crippen LogP contribution in [0.3, 0.4) is 0 Å². The minimum atomic E-state index is -0.118. The second-order valence-corrected chi connectivity index (χ2v) is 8.97. The zero-order valence-corrected chi connectivity index (χ0v) is 20.9. The number of ether oxygens (including phenoxy) is 3. The average Bonchev–Trinajstić information content (AvgIpc) is 3.26. The molecule has 0 atom stereocenters. The number of fused-ring (bicyclic) bond motifs is 1. The highest BCUT2D eigenvalue weighted by Crippen LogP contribution is 2.40. The third-order valence-corrected chi connectivity index (χ3v) is 6.34. The SMILES string of the molecule is CCCCCOc1cccc(C(=O)N(CCN(C)C)c2nc3c(OC)ccc(OC)c3s2)c1. The van der Waals surface area contributed by atoms with Crippen molar-refractivity contribution < 1.29 is 19.0 Å². The molecule has 0 fully saturated rings. The van der Waals surface area contributed by atoms with Gasteiger partial charge in [0.1, 0.15) is 27.5 Å². The first-order chi connectivity index (χ1) is 16.0. The quantitative estimate of drug-likeness (QED) is 0.343. The van der Waals surface area contributed by atoms with E-state index in [-0.39, 0.29) is 5.91 Å². The maximum atomic E-state index is 13.6. The molecule has 1 amide bonds. The summed E-state index contributed by atoms with van der Waals surface area (Å²) in [5.41, 5.74) is 1.26. The number of likely N-dealkylation sites (N-methyl/N-ethyl adjacent to an activating group) is 1. The standard InChI is InChI=1S/C25H33N3O4S/c1-6-7-8-16-32-19-11-9-10-18(17-19)24(29)28(15-14-27(2)3)25-26-22-20(30-4)12-13-21(31-5)23(22)33-25/h9-13,17H,6-8,14-16H2,1-5H3. The van der Waals surface area contributed by atoms with Gasteiger partial charge in [0, 0.05) is 18.7 Å². The van der Waals surface area contributed by atoms with Crippen LogP contribution in [0.4, 0.5) is 5.13 Å². The van der Waals surface area contributed by atoms with E-state index in [2.05, 4.69) is 6.92 Å². The number of methoxy groups -OCH3 is 2. The molecule has 8 heteroatoms. The Hall–Kier alpha value is -2.84. The van der Waals surface area contributed by atoms with Gasteiger partial charge in [0.25, 0.3) is 5.91 Å². The fraction of sp³-hybridized carbons (Fsp3) is 0.440. The monoisotopic (exact) mass is 471 g/mol. The number of amides is 1. The molecule has 178 valence electrons. The molecule has 0 aliphatic heterocycles. The molecule has 0 spiro atoms. The molecular formula is C25H33N3O4S. The highest BCUT2D eigenvalue weighted by molar-refractivity contribution is 7.22. The van der Waals surface area contributed by atoms with Crippen molar-refractivity contribution in [3.8, 4) is 17.2 Å². The van der Waals surface area contributed by atoms with Gasteiger partial charge in [0.15, 0.2) is 5.13 Å². The number of aromatic nitrogens is 1. The van der Waals surface area contributed by atoms with Gasteiger partial charge in [-0.05, 0) is 50.8 Å². The number of nitrogens with zero attached hydrogens (tertiary/aromatic N) is 3. The summed E-state index contributed by atoms with van der Waals surface area (Å²) < 4.78 is 17.7. The van der Waals surface area contributed by atoms with Crippen LogP contribution in [0.25, 0.3) is 10.2 Å². The van der Waals surface area contributed by atoms with Crippen LogP contribution < -0.4 is 19.1 Å². The minimum absolute atomic E-state index is 0.118. The number of carbonyl (C=O) groups excluding carboxylic acids is 1. The lowest BCUT2D eigenvalue weighted by molar-refractivity contribution is 0.0984. The predicted molar refractivity (Wildman–Crippen MR) is 134 cm³/mol. The summed E-state index contributed by atoms with van der Waals surface area (Å²) in [5, 5.41) is 0.605. The Kier molecular flexibility index (Phi) is 8.91. The zero-order chi connectivity index (χ0) is 23.8. The number of thiazole rings is 1. The summed E-state index contributed by atoms with van der Waals surface area (Å²) in [6.45, 7) is 4.00. The predicted octanol–water partition coefficient (Wildman–Crippen LogP) is 5.09. The number of carbonyl (C=O) groups is 1. The molecule has 1 aromatic heterocycles. The van der Waals surface area contributed by atoms with Crippen LogP contribution in [-0.4, -0.2) is 63.8 Å². The molecule has 0 unspecified atom stereocenters. The van der Waals surface area contributed by atoms with Gasteiger partial charge in [-0.1, -0.05) is 37.2 Å². The number of hydrogen-bond donors (Lipinski definition) is 0. The summed E-state index contributed by atoms with van der Waals surface area (Å²) >= 11 is 1.42. The van der Waals surface area contributed by atoms with Crippen molar-refractivity contribution in [1.29, 1.82) is 0 Å². The second-order valence-electron chi connectivity index (χ2n) is 7.99. The Labute approximate surface area is 199 Å². The molecule has 0 saturated heterocycles. The summed E-state index contributed by atoms with van der Waals surface area (Å²) in [6.07, 6.45) is 3.26. The highest BCUT2D eigenvalue weighted by Gasteiger charge is 2.24. The van der Waals surface area contributed by atoms with E-state index in [4.69, 9.17) is 19.2 Å². The van der Waals surface area contributed by atoms with Gasteiger partial charge in [0.2, 0.25) is 0 Å². The van der Waals surface area contributed by atoms with Crippen LogP contribution in [0.1, 0.15) is 36.5 Å². The second kappa shape index (κ2) is 11.9. The average molecular weight is 472 g/mol. The molecular weight excluding hydrogens is 438 g/mol. The third kappa shape index (κ3) is 6.15. The Balaban J connectivity index is 1.94. The summed E-state index contributed by atoms with van der Waals surface area (Å²) in [4.78, 5) is 22.2. The summed E-state index contributed by atoms with van der Waals surface area (Å²) in [5.74, 6) is 1.94. The fourth-order valence-corrected chi connectivity index (χ4v) is 4.49. The molecule has 0 saturated carbocycles. The Bertz CT molecular complexity index is 1030. The van der Waals surface area contributed by atoms with E-state index in [1.54, 1.807) is 19.1 Å². The first-order valence-electron chi connectivity index (χ1n) is 11.2. The van der Waals surface area contributed by atoms with Gasteiger partial charge in [-0.25, -0.2) is 4.98 Å². The first-order valence-corrected chi connectivity index (χ1v) is 12.0. The molecule has 0 aliphatic rings. The molecule has 0 bridgehead atoms. The maximum Gasteiger partial charge on any atom is 0.260 e. The van der Waals surface area contributed by atoms with Crippen LogP contribution >= 0.6 is 11.3 Å². The van der Waals surface area contributed by atoms with Crippen molar-refractivity contribution in [2.24, 2.45) is 0 Å². The molecule has 3 rings (SSSR count). The number of anilines is 1. The van der Waals surface area contributed by atoms with Gasteiger partial charge in [0.05, 0.1) is 20.8 Å². The lowest BCUT2D eigenvalue weighted by Crippen LogP contribution is -2.36. The van der Waals surface area contributed by atoms with Crippen molar-refractivity contribution in [2.75, 3.05) is 52.9 Å². The first kappa shape index (κ1) is 24.8. The number of rotatable bonds is 12. The zero-order valence-electron chi connectivity index (χ0n) is 20.1. The third-order valence-electron chi connectivity index (χ3n) is 5.24. The van der Waals surface area contributed by atoms with E-state index in [0.29, 0.717) is 53.2 Å². The topological polar surface area (TPSA) is 64.1 Å². The Morgan fingerprint density at radius 3 is 2.48 bits per heavy atom. The molecule has 33 heavy (non-hydrogen) atoms. The van der Waals surface area contributed by atoms with Crippen molar-refractivity contribution in [1.82, 2.24) is 9.88 Å².